The Morgan fingerprint density at radius 1 is 1.05 bits per heavy atom. The van der Waals surface area contributed by atoms with Crippen LogP contribution in [-0.4, -0.2) is 30.4 Å². The molecule has 118 valence electrons. The van der Waals surface area contributed by atoms with E-state index in [4.69, 9.17) is 5.73 Å². The van der Waals surface area contributed by atoms with Gasteiger partial charge in [-0.05, 0) is 43.6 Å². The second-order valence-electron chi connectivity index (χ2n) is 7.33. The van der Waals surface area contributed by atoms with Crippen molar-refractivity contribution in [3.63, 3.8) is 0 Å². The summed E-state index contributed by atoms with van der Waals surface area (Å²) in [6.45, 7) is 9.43. The lowest BCUT2D eigenvalue weighted by Crippen LogP contribution is -2.34. The summed E-state index contributed by atoms with van der Waals surface area (Å²) in [4.78, 5) is 14.5. The number of likely N-dealkylation sites (tertiary alicyclic amines) is 1. The Kier molecular flexibility index (Phi) is 7.57. The summed E-state index contributed by atoms with van der Waals surface area (Å²) in [5.41, 5.74) is 5.96. The van der Waals surface area contributed by atoms with Crippen LogP contribution in [0.3, 0.4) is 0 Å². The van der Waals surface area contributed by atoms with Gasteiger partial charge in [0, 0.05) is 19.5 Å². The number of carbonyl (C=O) groups is 1. The van der Waals surface area contributed by atoms with Crippen LogP contribution in [0.2, 0.25) is 0 Å². The summed E-state index contributed by atoms with van der Waals surface area (Å²) < 4.78 is 0. The van der Waals surface area contributed by atoms with Crippen molar-refractivity contribution in [2.45, 2.75) is 72.1 Å². The molecular formula is C17H34N2O. The van der Waals surface area contributed by atoms with E-state index in [-0.39, 0.29) is 5.41 Å². The Hall–Kier alpha value is -0.570. The lowest BCUT2D eigenvalue weighted by molar-refractivity contribution is -0.132. The third-order valence-electron chi connectivity index (χ3n) is 4.66. The molecule has 1 saturated heterocycles. The molecular weight excluding hydrogens is 248 g/mol. The third kappa shape index (κ3) is 6.25. The van der Waals surface area contributed by atoms with E-state index in [1.165, 1.54) is 32.1 Å². The lowest BCUT2D eigenvalue weighted by Gasteiger charge is -2.31. The van der Waals surface area contributed by atoms with Crippen LogP contribution < -0.4 is 5.73 Å². The van der Waals surface area contributed by atoms with E-state index in [0.717, 1.165) is 32.5 Å². The highest BCUT2D eigenvalue weighted by Crippen LogP contribution is 2.32. The summed E-state index contributed by atoms with van der Waals surface area (Å²) >= 11 is 0. The van der Waals surface area contributed by atoms with Gasteiger partial charge in [0.1, 0.15) is 0 Å². The molecule has 0 saturated carbocycles. The number of carbonyl (C=O) groups excluding carboxylic acids is 1. The molecule has 1 atom stereocenters. The van der Waals surface area contributed by atoms with Crippen LogP contribution in [0.1, 0.15) is 72.1 Å². The van der Waals surface area contributed by atoms with Crippen molar-refractivity contribution in [3.8, 4) is 0 Å². The van der Waals surface area contributed by atoms with Crippen molar-refractivity contribution in [1.82, 2.24) is 4.90 Å². The highest BCUT2D eigenvalue weighted by atomic mass is 16.2. The van der Waals surface area contributed by atoms with Gasteiger partial charge in [-0.25, -0.2) is 0 Å². The quantitative estimate of drug-likeness (QED) is 0.838. The first-order chi connectivity index (χ1) is 9.45. The average molecular weight is 282 g/mol. The van der Waals surface area contributed by atoms with Gasteiger partial charge < -0.3 is 10.6 Å². The fraction of sp³-hybridized carbons (Fsp3) is 0.941. The standard InChI is InChI=1S/C17H34N2O/c1-17(2,3)15(11-12-18)9-10-16(20)19-13-7-5-4-6-8-14-19/h15H,4-14,18H2,1-3H3. The van der Waals surface area contributed by atoms with Crippen molar-refractivity contribution in [2.75, 3.05) is 19.6 Å². The van der Waals surface area contributed by atoms with Gasteiger partial charge in [-0.2, -0.15) is 0 Å². The Balaban J connectivity index is 2.43. The zero-order valence-corrected chi connectivity index (χ0v) is 13.8. The number of rotatable bonds is 5. The summed E-state index contributed by atoms with van der Waals surface area (Å²) in [5.74, 6) is 0.907. The highest BCUT2D eigenvalue weighted by molar-refractivity contribution is 5.76. The fourth-order valence-corrected chi connectivity index (χ4v) is 3.16. The van der Waals surface area contributed by atoms with Crippen LogP contribution in [0.4, 0.5) is 0 Å². The van der Waals surface area contributed by atoms with Gasteiger partial charge >= 0.3 is 0 Å². The maximum atomic E-state index is 12.4. The molecule has 20 heavy (non-hydrogen) atoms. The monoisotopic (exact) mass is 282 g/mol. The molecule has 1 aliphatic rings. The number of hydrogen-bond acceptors (Lipinski definition) is 2. The van der Waals surface area contributed by atoms with Crippen LogP contribution in [0.5, 0.6) is 0 Å². The fourth-order valence-electron chi connectivity index (χ4n) is 3.16. The van der Waals surface area contributed by atoms with Crippen molar-refractivity contribution >= 4 is 5.91 Å². The van der Waals surface area contributed by atoms with E-state index >= 15 is 0 Å². The summed E-state index contributed by atoms with van der Waals surface area (Å²) in [7, 11) is 0. The number of hydrogen-bond donors (Lipinski definition) is 1. The number of nitrogens with zero attached hydrogens (tertiary/aromatic N) is 1. The van der Waals surface area contributed by atoms with E-state index in [1.807, 2.05) is 0 Å². The molecule has 3 heteroatoms. The zero-order valence-electron chi connectivity index (χ0n) is 13.8. The van der Waals surface area contributed by atoms with Gasteiger partial charge in [-0.15, -0.1) is 0 Å². The van der Waals surface area contributed by atoms with Gasteiger partial charge in [0.25, 0.3) is 0 Å². The Labute approximate surface area is 125 Å². The molecule has 1 aliphatic heterocycles. The minimum atomic E-state index is 0.246. The highest BCUT2D eigenvalue weighted by Gasteiger charge is 2.25. The predicted molar refractivity (Wildman–Crippen MR) is 85.5 cm³/mol. The first-order valence-electron chi connectivity index (χ1n) is 8.43. The van der Waals surface area contributed by atoms with Gasteiger partial charge in [0.15, 0.2) is 0 Å². The maximum Gasteiger partial charge on any atom is 0.222 e. The van der Waals surface area contributed by atoms with Crippen LogP contribution in [0.15, 0.2) is 0 Å². The van der Waals surface area contributed by atoms with E-state index in [9.17, 15) is 4.79 Å². The average Bonchev–Trinajstić information content (AvgIpc) is 2.32. The molecule has 0 bridgehead atoms. The topological polar surface area (TPSA) is 46.3 Å². The molecule has 0 aromatic rings. The SMILES string of the molecule is CC(C)(C)C(CCN)CCC(=O)N1CCCCCCC1. The molecule has 3 nitrogen and oxygen atoms in total. The normalized spacial score (nSPS) is 19.3. The maximum absolute atomic E-state index is 12.4. The van der Waals surface area contributed by atoms with E-state index in [2.05, 4.69) is 25.7 Å². The first-order valence-corrected chi connectivity index (χ1v) is 8.43. The van der Waals surface area contributed by atoms with E-state index < -0.39 is 0 Å². The van der Waals surface area contributed by atoms with Gasteiger partial charge in [0.05, 0.1) is 0 Å². The van der Waals surface area contributed by atoms with Crippen LogP contribution >= 0.6 is 0 Å². The molecule has 1 amide bonds. The molecule has 1 unspecified atom stereocenters. The summed E-state index contributed by atoms with van der Waals surface area (Å²) in [6, 6.07) is 0. The Morgan fingerprint density at radius 2 is 1.60 bits per heavy atom. The Morgan fingerprint density at radius 3 is 2.10 bits per heavy atom. The van der Waals surface area contributed by atoms with Crippen molar-refractivity contribution in [3.05, 3.63) is 0 Å². The molecule has 0 aliphatic carbocycles. The number of nitrogens with two attached hydrogens (primary N) is 1. The first kappa shape index (κ1) is 17.5. The van der Waals surface area contributed by atoms with Crippen molar-refractivity contribution < 1.29 is 4.79 Å². The molecule has 1 rings (SSSR count). The molecule has 0 radical (unpaired) electrons. The largest absolute Gasteiger partial charge is 0.343 e. The molecule has 0 spiro atoms. The molecule has 1 heterocycles. The van der Waals surface area contributed by atoms with Crippen molar-refractivity contribution in [2.24, 2.45) is 17.1 Å². The lowest BCUT2D eigenvalue weighted by atomic mass is 9.76. The van der Waals surface area contributed by atoms with Gasteiger partial charge in [-0.3, -0.25) is 4.79 Å². The van der Waals surface area contributed by atoms with Gasteiger partial charge in [0.2, 0.25) is 5.91 Å². The second-order valence-corrected chi connectivity index (χ2v) is 7.33. The number of amides is 1. The third-order valence-corrected chi connectivity index (χ3v) is 4.66. The molecule has 0 aromatic heterocycles. The molecule has 0 aromatic carbocycles. The van der Waals surface area contributed by atoms with Crippen LogP contribution in [-0.2, 0) is 4.79 Å². The van der Waals surface area contributed by atoms with Crippen molar-refractivity contribution in [1.29, 1.82) is 0 Å². The smallest absolute Gasteiger partial charge is 0.222 e. The van der Waals surface area contributed by atoms with E-state index in [1.54, 1.807) is 0 Å². The minimum absolute atomic E-state index is 0.246. The van der Waals surface area contributed by atoms with Crippen LogP contribution in [0, 0.1) is 11.3 Å². The summed E-state index contributed by atoms with van der Waals surface area (Å²) in [6.07, 6.45) is 8.96. The van der Waals surface area contributed by atoms with Gasteiger partial charge in [-0.1, -0.05) is 40.0 Å². The van der Waals surface area contributed by atoms with Crippen LogP contribution in [0.25, 0.3) is 0 Å². The van der Waals surface area contributed by atoms with E-state index in [0.29, 0.717) is 18.2 Å². The molecule has 1 fully saturated rings. The molecule has 2 N–H and O–H groups in total. The minimum Gasteiger partial charge on any atom is -0.343 e. The second kappa shape index (κ2) is 8.66. The predicted octanol–water partition coefficient (Wildman–Crippen LogP) is 3.57. The Bertz CT molecular complexity index is 275. The summed E-state index contributed by atoms with van der Waals surface area (Å²) in [5, 5.41) is 0. The zero-order chi connectivity index (χ0) is 15.0.